The molecule has 2 fully saturated rings. The number of aliphatic hydroxyl groups is 3. The van der Waals surface area contributed by atoms with E-state index >= 15 is 0 Å². The summed E-state index contributed by atoms with van der Waals surface area (Å²) in [6, 6.07) is 0. The van der Waals surface area contributed by atoms with Gasteiger partial charge in [0.1, 0.15) is 11.9 Å². The van der Waals surface area contributed by atoms with Gasteiger partial charge in [-0.25, -0.2) is 0 Å². The van der Waals surface area contributed by atoms with E-state index in [-0.39, 0.29) is 18.1 Å². The number of esters is 1. The first-order valence-corrected chi connectivity index (χ1v) is 10.6. The molecule has 6 heteroatoms. The van der Waals surface area contributed by atoms with Crippen LogP contribution in [0.1, 0.15) is 47.5 Å². The topological polar surface area (TPSA) is 104 Å². The zero-order valence-electron chi connectivity index (χ0n) is 18.7. The quantitative estimate of drug-likeness (QED) is 0.451. The molecule has 9 unspecified atom stereocenters. The summed E-state index contributed by atoms with van der Waals surface area (Å²) in [6.07, 6.45) is -0.934. The van der Waals surface area contributed by atoms with Crippen molar-refractivity contribution < 1.29 is 29.6 Å². The molecule has 0 bridgehead atoms. The van der Waals surface area contributed by atoms with Gasteiger partial charge in [0.05, 0.1) is 24.2 Å². The van der Waals surface area contributed by atoms with Crippen LogP contribution in [0.5, 0.6) is 0 Å². The molecule has 0 amide bonds. The molecular weight excluding hydrogens is 384 g/mol. The first-order chi connectivity index (χ1) is 13.9. The summed E-state index contributed by atoms with van der Waals surface area (Å²) < 4.78 is 5.61. The minimum absolute atomic E-state index is 0.138. The Morgan fingerprint density at radius 1 is 1.03 bits per heavy atom. The van der Waals surface area contributed by atoms with E-state index < -0.39 is 54.1 Å². The Kier molecular flexibility index (Phi) is 7.83. The molecule has 0 saturated heterocycles. The van der Waals surface area contributed by atoms with Crippen molar-refractivity contribution in [3.63, 3.8) is 0 Å². The SMILES string of the molecule is C=C1C(O)CC(C(C)C(OC(C)=O)C(C=C(C)C)C(C)=O)C(O)C2C(=C)C(O)CC12. The maximum absolute atomic E-state index is 12.4. The number of fused-ring (bicyclic) bond motifs is 1. The van der Waals surface area contributed by atoms with Crippen molar-refractivity contribution in [1.29, 1.82) is 0 Å². The van der Waals surface area contributed by atoms with E-state index in [9.17, 15) is 24.9 Å². The predicted molar refractivity (Wildman–Crippen MR) is 114 cm³/mol. The van der Waals surface area contributed by atoms with E-state index in [4.69, 9.17) is 4.74 Å². The predicted octanol–water partition coefficient (Wildman–Crippen LogP) is 2.58. The van der Waals surface area contributed by atoms with E-state index in [2.05, 4.69) is 13.2 Å². The highest BCUT2D eigenvalue weighted by atomic mass is 16.5. The lowest BCUT2D eigenvalue weighted by Gasteiger charge is -2.37. The van der Waals surface area contributed by atoms with Crippen molar-refractivity contribution in [3.05, 3.63) is 36.0 Å². The number of hydrogen-bond donors (Lipinski definition) is 3. The molecule has 0 aromatic carbocycles. The molecule has 0 radical (unpaired) electrons. The summed E-state index contributed by atoms with van der Waals surface area (Å²) in [7, 11) is 0. The smallest absolute Gasteiger partial charge is 0.302 e. The second-order valence-corrected chi connectivity index (χ2v) is 9.25. The van der Waals surface area contributed by atoms with E-state index in [1.165, 1.54) is 13.8 Å². The number of ketones is 1. The molecule has 2 saturated carbocycles. The molecule has 30 heavy (non-hydrogen) atoms. The highest BCUT2D eigenvalue weighted by Gasteiger charge is 2.51. The summed E-state index contributed by atoms with van der Waals surface area (Å²) in [6.45, 7) is 16.3. The van der Waals surface area contributed by atoms with E-state index in [1.807, 2.05) is 20.8 Å². The fourth-order valence-corrected chi connectivity index (χ4v) is 5.19. The zero-order chi connectivity index (χ0) is 22.9. The Bertz CT molecular complexity index is 734. The van der Waals surface area contributed by atoms with E-state index in [1.54, 1.807) is 6.08 Å². The van der Waals surface area contributed by atoms with Crippen LogP contribution < -0.4 is 0 Å². The van der Waals surface area contributed by atoms with Crippen LogP contribution in [0.15, 0.2) is 36.0 Å². The van der Waals surface area contributed by atoms with Crippen molar-refractivity contribution in [2.75, 3.05) is 0 Å². The van der Waals surface area contributed by atoms with Crippen LogP contribution in [-0.4, -0.2) is 51.5 Å². The molecule has 2 aliphatic rings. The van der Waals surface area contributed by atoms with Gasteiger partial charge in [0, 0.05) is 12.8 Å². The number of hydrogen-bond acceptors (Lipinski definition) is 6. The number of aliphatic hydroxyl groups excluding tert-OH is 3. The normalized spacial score (nSPS) is 34.4. The lowest BCUT2D eigenvalue weighted by Crippen LogP contribution is -2.44. The minimum atomic E-state index is -0.916. The average molecular weight is 421 g/mol. The van der Waals surface area contributed by atoms with Gasteiger partial charge >= 0.3 is 5.97 Å². The maximum Gasteiger partial charge on any atom is 0.302 e. The van der Waals surface area contributed by atoms with Crippen LogP contribution in [0.25, 0.3) is 0 Å². The summed E-state index contributed by atoms with van der Waals surface area (Å²) in [5.74, 6) is -2.91. The van der Waals surface area contributed by atoms with Gasteiger partial charge in [0.2, 0.25) is 0 Å². The molecule has 0 spiro atoms. The van der Waals surface area contributed by atoms with Crippen LogP contribution >= 0.6 is 0 Å². The van der Waals surface area contributed by atoms with Crippen molar-refractivity contribution in [2.24, 2.45) is 29.6 Å². The van der Waals surface area contributed by atoms with Crippen LogP contribution in [0.2, 0.25) is 0 Å². The van der Waals surface area contributed by atoms with E-state index in [0.717, 1.165) is 5.57 Å². The summed E-state index contributed by atoms with van der Waals surface area (Å²) in [5.41, 5.74) is 2.04. The summed E-state index contributed by atoms with van der Waals surface area (Å²) in [5, 5.41) is 32.4. The number of carbonyl (C=O) groups excluding carboxylic acids is 2. The molecular formula is C24H36O6. The molecule has 0 aromatic rings. The maximum atomic E-state index is 12.4. The molecule has 2 aliphatic carbocycles. The monoisotopic (exact) mass is 420 g/mol. The molecule has 9 atom stereocenters. The second-order valence-electron chi connectivity index (χ2n) is 9.25. The Balaban J connectivity index is 2.47. The molecule has 0 heterocycles. The molecule has 0 aliphatic heterocycles. The van der Waals surface area contributed by atoms with Gasteiger partial charge in [0.25, 0.3) is 0 Å². The fraction of sp³-hybridized carbons (Fsp3) is 0.667. The highest BCUT2D eigenvalue weighted by Crippen LogP contribution is 2.49. The van der Waals surface area contributed by atoms with Crippen LogP contribution in [0.4, 0.5) is 0 Å². The Morgan fingerprint density at radius 2 is 1.60 bits per heavy atom. The highest BCUT2D eigenvalue weighted by molar-refractivity contribution is 5.81. The number of carbonyl (C=O) groups is 2. The first kappa shape index (κ1) is 24.5. The van der Waals surface area contributed by atoms with Crippen molar-refractivity contribution in [3.8, 4) is 0 Å². The fourth-order valence-electron chi connectivity index (χ4n) is 5.19. The standard InChI is InChI=1S/C24H36O6/c1-11(2)8-19(15(6)25)24(30-16(7)26)13(4)18-10-20(27)12(3)17-9-21(28)14(5)22(17)23(18)29/h8,13,17-24,27-29H,3,5,9-10H2,1-2,4,6-7H3. The lowest BCUT2D eigenvalue weighted by atomic mass is 9.73. The van der Waals surface area contributed by atoms with Crippen LogP contribution in [0.3, 0.4) is 0 Å². The third-order valence-corrected chi connectivity index (χ3v) is 6.81. The van der Waals surface area contributed by atoms with Crippen LogP contribution in [-0.2, 0) is 14.3 Å². The van der Waals surface area contributed by atoms with Gasteiger partial charge in [-0.1, -0.05) is 31.7 Å². The number of allylic oxidation sites excluding steroid dienone is 1. The van der Waals surface area contributed by atoms with Gasteiger partial charge in [-0.2, -0.15) is 0 Å². The summed E-state index contributed by atoms with van der Waals surface area (Å²) >= 11 is 0. The van der Waals surface area contributed by atoms with Gasteiger partial charge < -0.3 is 20.1 Å². The third kappa shape index (κ3) is 4.93. The average Bonchev–Trinajstić information content (AvgIpc) is 2.90. The molecule has 0 aromatic heterocycles. The molecule has 3 N–H and O–H groups in total. The van der Waals surface area contributed by atoms with Crippen molar-refractivity contribution in [2.45, 2.75) is 71.9 Å². The van der Waals surface area contributed by atoms with Crippen molar-refractivity contribution >= 4 is 11.8 Å². The minimum Gasteiger partial charge on any atom is -0.461 e. The number of rotatable bonds is 6. The van der Waals surface area contributed by atoms with Crippen LogP contribution in [0, 0.1) is 29.6 Å². The van der Waals surface area contributed by atoms with Gasteiger partial charge in [-0.15, -0.1) is 0 Å². The Hall–Kier alpha value is -1.76. The zero-order valence-corrected chi connectivity index (χ0v) is 18.7. The number of Topliss-reactive ketones (excluding diaryl/α,β-unsaturated/α-hetero) is 1. The van der Waals surface area contributed by atoms with Gasteiger partial charge in [-0.05, 0) is 62.5 Å². The Labute approximate surface area is 179 Å². The first-order valence-electron chi connectivity index (χ1n) is 10.6. The van der Waals surface area contributed by atoms with Crippen molar-refractivity contribution in [1.82, 2.24) is 0 Å². The molecule has 168 valence electrons. The largest absolute Gasteiger partial charge is 0.461 e. The second kappa shape index (κ2) is 9.58. The summed E-state index contributed by atoms with van der Waals surface area (Å²) in [4.78, 5) is 24.3. The number of ether oxygens (including phenoxy) is 1. The molecule has 6 nitrogen and oxygen atoms in total. The Morgan fingerprint density at radius 3 is 2.10 bits per heavy atom. The van der Waals surface area contributed by atoms with E-state index in [0.29, 0.717) is 17.6 Å². The third-order valence-electron chi connectivity index (χ3n) is 6.81. The lowest BCUT2D eigenvalue weighted by molar-refractivity contribution is -0.156. The van der Waals surface area contributed by atoms with Gasteiger partial charge in [-0.3, -0.25) is 9.59 Å². The van der Waals surface area contributed by atoms with Gasteiger partial charge in [0.15, 0.2) is 0 Å². The molecule has 2 rings (SSSR count).